The summed E-state index contributed by atoms with van der Waals surface area (Å²) in [6.07, 6.45) is 4.66. The molecular formula is C18H18O3. The summed E-state index contributed by atoms with van der Waals surface area (Å²) in [5.74, 6) is 1.09. The lowest BCUT2D eigenvalue weighted by molar-refractivity contribution is 0.111. The molecule has 3 heteroatoms. The number of hydrogen-bond donors (Lipinski definition) is 0. The highest BCUT2D eigenvalue weighted by Crippen LogP contribution is 2.30. The smallest absolute Gasteiger partial charge is 0.172 e. The van der Waals surface area contributed by atoms with E-state index < -0.39 is 0 Å². The fourth-order valence-electron chi connectivity index (χ4n) is 1.93. The summed E-state index contributed by atoms with van der Waals surface area (Å²) >= 11 is 0. The second-order valence-corrected chi connectivity index (χ2v) is 4.35. The molecule has 0 aromatic heterocycles. The molecule has 0 amide bonds. The highest BCUT2D eigenvalue weighted by molar-refractivity contribution is 5.81. The fraction of sp³-hybridized carbons (Fsp3) is 0.167. The van der Waals surface area contributed by atoms with Gasteiger partial charge in [0, 0.05) is 0 Å². The van der Waals surface area contributed by atoms with Gasteiger partial charge in [0.25, 0.3) is 0 Å². The summed E-state index contributed by atoms with van der Waals surface area (Å²) < 4.78 is 11.2. The zero-order valence-electron chi connectivity index (χ0n) is 12.0. The van der Waals surface area contributed by atoms with Crippen molar-refractivity contribution in [2.75, 3.05) is 13.2 Å². The topological polar surface area (TPSA) is 35.5 Å². The largest absolute Gasteiger partial charge is 0.490 e. The quantitative estimate of drug-likeness (QED) is 0.720. The van der Waals surface area contributed by atoms with Crippen LogP contribution in [0.1, 0.15) is 22.8 Å². The maximum absolute atomic E-state index is 11.1. The van der Waals surface area contributed by atoms with E-state index in [1.165, 1.54) is 0 Å². The third kappa shape index (κ3) is 4.21. The summed E-state index contributed by atoms with van der Waals surface area (Å²) in [6.45, 7) is 2.80. The van der Waals surface area contributed by atoms with Crippen LogP contribution in [0, 0.1) is 0 Å². The van der Waals surface area contributed by atoms with Gasteiger partial charge in [-0.15, -0.1) is 0 Å². The Morgan fingerprint density at radius 3 is 2.52 bits per heavy atom. The third-order valence-electron chi connectivity index (χ3n) is 2.87. The van der Waals surface area contributed by atoms with Crippen LogP contribution in [0.5, 0.6) is 11.5 Å². The number of ether oxygens (including phenoxy) is 2. The van der Waals surface area contributed by atoms with Gasteiger partial charge in [-0.2, -0.15) is 0 Å². The second kappa shape index (κ2) is 7.90. The number of carbonyl (C=O) groups excluding carboxylic acids is 1. The second-order valence-electron chi connectivity index (χ2n) is 4.35. The molecule has 0 N–H and O–H groups in total. The Kier molecular flexibility index (Phi) is 5.59. The van der Waals surface area contributed by atoms with Gasteiger partial charge in [-0.05, 0) is 30.7 Å². The van der Waals surface area contributed by atoms with Crippen molar-refractivity contribution < 1.29 is 14.3 Å². The van der Waals surface area contributed by atoms with Crippen LogP contribution >= 0.6 is 0 Å². The Morgan fingerprint density at radius 1 is 1.00 bits per heavy atom. The maximum atomic E-state index is 11.1. The minimum Gasteiger partial charge on any atom is -0.490 e. The van der Waals surface area contributed by atoms with E-state index in [9.17, 15) is 4.79 Å². The molecule has 21 heavy (non-hydrogen) atoms. The molecule has 0 aliphatic heterocycles. The predicted octanol–water partition coefficient (Wildman–Crippen LogP) is 3.99. The van der Waals surface area contributed by atoms with E-state index in [0.29, 0.717) is 30.3 Å². The molecule has 2 aromatic carbocycles. The van der Waals surface area contributed by atoms with Gasteiger partial charge in [-0.1, -0.05) is 42.5 Å². The van der Waals surface area contributed by atoms with Crippen molar-refractivity contribution in [3.63, 3.8) is 0 Å². The molecular weight excluding hydrogens is 264 g/mol. The van der Waals surface area contributed by atoms with Crippen LogP contribution in [0.25, 0.3) is 6.08 Å². The van der Waals surface area contributed by atoms with Gasteiger partial charge in [0.2, 0.25) is 0 Å². The number of hydrogen-bond acceptors (Lipinski definition) is 3. The van der Waals surface area contributed by atoms with Gasteiger partial charge >= 0.3 is 0 Å². The number of aldehydes is 1. The highest BCUT2D eigenvalue weighted by Gasteiger charge is 2.09. The molecule has 0 radical (unpaired) electrons. The van der Waals surface area contributed by atoms with Crippen LogP contribution in [0.4, 0.5) is 0 Å². The van der Waals surface area contributed by atoms with Crippen molar-refractivity contribution >= 4 is 12.4 Å². The average molecular weight is 282 g/mol. The summed E-state index contributed by atoms with van der Waals surface area (Å²) in [6, 6.07) is 15.3. The van der Waals surface area contributed by atoms with Crippen LogP contribution < -0.4 is 9.47 Å². The highest BCUT2D eigenvalue weighted by atomic mass is 16.5. The standard InChI is InChI=1S/C18H18O3/c1-2-20-17-12-6-11-16(14-19)18(17)21-13-7-10-15-8-4-3-5-9-15/h3-12,14H,2,13H2,1H3/b10-7+. The van der Waals surface area contributed by atoms with Crippen molar-refractivity contribution in [1.29, 1.82) is 0 Å². The van der Waals surface area contributed by atoms with Gasteiger partial charge < -0.3 is 9.47 Å². The van der Waals surface area contributed by atoms with Crippen LogP contribution in [0.2, 0.25) is 0 Å². The molecule has 0 aliphatic rings. The first kappa shape index (κ1) is 14.9. The molecule has 0 saturated carbocycles. The Bertz CT molecular complexity index is 603. The predicted molar refractivity (Wildman–Crippen MR) is 84.0 cm³/mol. The minimum atomic E-state index is 0.375. The van der Waals surface area contributed by atoms with E-state index >= 15 is 0 Å². The van der Waals surface area contributed by atoms with Gasteiger partial charge in [-0.3, -0.25) is 4.79 Å². The normalized spacial score (nSPS) is 10.5. The third-order valence-corrected chi connectivity index (χ3v) is 2.87. The fourth-order valence-corrected chi connectivity index (χ4v) is 1.93. The lowest BCUT2D eigenvalue weighted by atomic mass is 10.2. The average Bonchev–Trinajstić information content (AvgIpc) is 2.53. The van der Waals surface area contributed by atoms with E-state index in [-0.39, 0.29) is 0 Å². The summed E-state index contributed by atoms with van der Waals surface area (Å²) in [4.78, 5) is 11.1. The summed E-state index contributed by atoms with van der Waals surface area (Å²) in [7, 11) is 0. The molecule has 0 spiro atoms. The molecule has 0 atom stereocenters. The van der Waals surface area contributed by atoms with Crippen molar-refractivity contribution in [2.45, 2.75) is 6.92 Å². The first-order chi connectivity index (χ1) is 10.3. The van der Waals surface area contributed by atoms with Gasteiger partial charge in [0.15, 0.2) is 17.8 Å². The Labute approximate surface area is 124 Å². The van der Waals surface area contributed by atoms with Gasteiger partial charge in [0.05, 0.1) is 12.2 Å². The molecule has 108 valence electrons. The van der Waals surface area contributed by atoms with Crippen molar-refractivity contribution in [3.8, 4) is 11.5 Å². The van der Waals surface area contributed by atoms with Gasteiger partial charge in [-0.25, -0.2) is 0 Å². The zero-order valence-corrected chi connectivity index (χ0v) is 12.0. The first-order valence-electron chi connectivity index (χ1n) is 6.90. The number of rotatable bonds is 7. The zero-order chi connectivity index (χ0) is 14.9. The molecule has 0 unspecified atom stereocenters. The molecule has 3 nitrogen and oxygen atoms in total. The lowest BCUT2D eigenvalue weighted by Gasteiger charge is -2.12. The van der Waals surface area contributed by atoms with Crippen LogP contribution in [0.15, 0.2) is 54.6 Å². The number of benzene rings is 2. The van der Waals surface area contributed by atoms with Crippen molar-refractivity contribution in [2.24, 2.45) is 0 Å². The van der Waals surface area contributed by atoms with Crippen LogP contribution in [0.3, 0.4) is 0 Å². The van der Waals surface area contributed by atoms with Crippen LogP contribution in [-0.2, 0) is 0 Å². The van der Waals surface area contributed by atoms with E-state index in [0.717, 1.165) is 11.8 Å². The maximum Gasteiger partial charge on any atom is 0.172 e. The Hall–Kier alpha value is -2.55. The number of para-hydroxylation sites is 1. The van der Waals surface area contributed by atoms with E-state index in [2.05, 4.69) is 0 Å². The lowest BCUT2D eigenvalue weighted by Crippen LogP contribution is -2.01. The Morgan fingerprint density at radius 2 is 1.81 bits per heavy atom. The van der Waals surface area contributed by atoms with Crippen LogP contribution in [-0.4, -0.2) is 19.5 Å². The van der Waals surface area contributed by atoms with Gasteiger partial charge in [0.1, 0.15) is 6.61 Å². The summed E-state index contributed by atoms with van der Waals surface area (Å²) in [5, 5.41) is 0. The molecule has 0 fully saturated rings. The summed E-state index contributed by atoms with van der Waals surface area (Å²) in [5.41, 5.74) is 1.60. The van der Waals surface area contributed by atoms with E-state index in [1.54, 1.807) is 18.2 Å². The molecule has 0 saturated heterocycles. The van der Waals surface area contributed by atoms with E-state index in [1.807, 2.05) is 49.4 Å². The van der Waals surface area contributed by atoms with Crippen molar-refractivity contribution in [3.05, 3.63) is 65.7 Å². The first-order valence-corrected chi connectivity index (χ1v) is 6.90. The molecule has 0 bridgehead atoms. The SMILES string of the molecule is CCOc1cccc(C=O)c1OC/C=C/c1ccccc1. The molecule has 0 heterocycles. The molecule has 0 aliphatic carbocycles. The monoisotopic (exact) mass is 282 g/mol. The van der Waals surface area contributed by atoms with Crippen molar-refractivity contribution in [1.82, 2.24) is 0 Å². The van der Waals surface area contributed by atoms with E-state index in [4.69, 9.17) is 9.47 Å². The Balaban J connectivity index is 2.05. The molecule has 2 rings (SSSR count). The number of carbonyl (C=O) groups is 1. The molecule has 2 aromatic rings. The minimum absolute atomic E-state index is 0.375.